The van der Waals surface area contributed by atoms with Crippen molar-refractivity contribution in [1.82, 2.24) is 0 Å². The zero-order valence-electron chi connectivity index (χ0n) is 11.4. The van der Waals surface area contributed by atoms with Gasteiger partial charge in [0.1, 0.15) is 0 Å². The van der Waals surface area contributed by atoms with Gasteiger partial charge in [-0.2, -0.15) is 0 Å². The van der Waals surface area contributed by atoms with E-state index >= 15 is 0 Å². The highest BCUT2D eigenvalue weighted by Crippen LogP contribution is 2.38. The van der Waals surface area contributed by atoms with Gasteiger partial charge in [0.15, 0.2) is 0 Å². The van der Waals surface area contributed by atoms with Crippen molar-refractivity contribution in [3.05, 3.63) is 72.3 Å². The summed E-state index contributed by atoms with van der Waals surface area (Å²) in [5.41, 5.74) is 1.54. The Morgan fingerprint density at radius 2 is 1.33 bits per heavy atom. The molecule has 5 rings (SSSR count). The summed E-state index contributed by atoms with van der Waals surface area (Å²) in [6, 6.07) is 24.6. The Labute approximate surface area is 133 Å². The summed E-state index contributed by atoms with van der Waals surface area (Å²) in [6.07, 6.45) is 0. The van der Waals surface area contributed by atoms with E-state index in [2.05, 4.69) is 66.7 Å². The minimum atomic E-state index is 0.318. The SMILES string of the molecule is c1ccc2c(C3=IC3)c3ccc4ccccc4c3cc2c1. The number of hydrogen-bond acceptors (Lipinski definition) is 0. The van der Waals surface area contributed by atoms with Crippen LogP contribution in [0.2, 0.25) is 0 Å². The first-order valence-electron chi connectivity index (χ1n) is 7.20. The van der Waals surface area contributed by atoms with Gasteiger partial charge in [0.05, 0.1) is 0 Å². The van der Waals surface area contributed by atoms with Crippen LogP contribution in [-0.2, 0) is 0 Å². The number of benzene rings is 4. The minimum Gasteiger partial charge on any atom is -0.112 e. The van der Waals surface area contributed by atoms with E-state index in [-0.39, 0.29) is 0 Å². The maximum atomic E-state index is 2.37. The van der Waals surface area contributed by atoms with Gasteiger partial charge < -0.3 is 0 Å². The third kappa shape index (κ3) is 1.77. The molecule has 0 amide bonds. The average molecular weight is 380 g/mol. The third-order valence-electron chi connectivity index (χ3n) is 4.31. The summed E-state index contributed by atoms with van der Waals surface area (Å²) in [4.78, 5) is 0. The molecule has 0 spiro atoms. The van der Waals surface area contributed by atoms with Crippen molar-refractivity contribution in [3.8, 4) is 0 Å². The number of alkyl halides is 1. The highest BCUT2D eigenvalue weighted by Gasteiger charge is 2.18. The fraction of sp³-hybridized carbons (Fsp3) is 0.0500. The number of rotatable bonds is 1. The molecular formula is C20H13I. The molecule has 0 bridgehead atoms. The first-order chi connectivity index (χ1) is 10.4. The first-order valence-corrected chi connectivity index (χ1v) is 9.81. The van der Waals surface area contributed by atoms with E-state index in [1.807, 2.05) is 0 Å². The molecule has 1 aliphatic heterocycles. The Kier molecular flexibility index (Phi) is 2.47. The highest BCUT2D eigenvalue weighted by molar-refractivity contribution is 14.2. The van der Waals surface area contributed by atoms with Crippen molar-refractivity contribution in [2.24, 2.45) is 0 Å². The Balaban J connectivity index is 2.08. The van der Waals surface area contributed by atoms with E-state index < -0.39 is 0 Å². The fourth-order valence-electron chi connectivity index (χ4n) is 3.28. The number of halogens is 1. The first kappa shape index (κ1) is 11.9. The van der Waals surface area contributed by atoms with Gasteiger partial charge in [0, 0.05) is 4.43 Å². The lowest BCUT2D eigenvalue weighted by Gasteiger charge is -2.11. The van der Waals surface area contributed by atoms with Gasteiger partial charge in [-0.15, -0.1) is 20.7 Å². The molecule has 0 aliphatic carbocycles. The predicted octanol–water partition coefficient (Wildman–Crippen LogP) is 5.65. The van der Waals surface area contributed by atoms with Crippen LogP contribution in [0.4, 0.5) is 0 Å². The van der Waals surface area contributed by atoms with Crippen LogP contribution in [0.5, 0.6) is 0 Å². The summed E-state index contributed by atoms with van der Waals surface area (Å²) < 4.78 is 3.10. The highest BCUT2D eigenvalue weighted by atomic mass is 127. The van der Waals surface area contributed by atoms with Gasteiger partial charge >= 0.3 is 0 Å². The fourth-order valence-corrected chi connectivity index (χ4v) is 4.81. The Morgan fingerprint density at radius 3 is 2.14 bits per heavy atom. The summed E-state index contributed by atoms with van der Waals surface area (Å²) >= 11 is 0.318. The third-order valence-corrected chi connectivity index (χ3v) is 6.37. The molecule has 0 fully saturated rings. The number of fused-ring (bicyclic) bond motifs is 4. The maximum Gasteiger partial charge on any atom is 0.0260 e. The second kappa shape index (κ2) is 4.38. The van der Waals surface area contributed by atoms with Gasteiger partial charge in [0.2, 0.25) is 0 Å². The van der Waals surface area contributed by atoms with Gasteiger partial charge in [-0.25, -0.2) is 0 Å². The van der Waals surface area contributed by atoms with Crippen molar-refractivity contribution in [1.29, 1.82) is 0 Å². The van der Waals surface area contributed by atoms with Crippen LogP contribution >= 0.6 is 20.7 Å². The van der Waals surface area contributed by atoms with Crippen molar-refractivity contribution in [3.63, 3.8) is 0 Å². The van der Waals surface area contributed by atoms with Gasteiger partial charge in [-0.05, 0) is 47.5 Å². The van der Waals surface area contributed by atoms with Crippen molar-refractivity contribution in [2.45, 2.75) is 0 Å². The van der Waals surface area contributed by atoms with Crippen molar-refractivity contribution in [2.75, 3.05) is 4.43 Å². The van der Waals surface area contributed by atoms with Crippen LogP contribution in [0, 0.1) is 0 Å². The molecule has 21 heavy (non-hydrogen) atoms. The van der Waals surface area contributed by atoms with E-state index in [4.69, 9.17) is 0 Å². The summed E-state index contributed by atoms with van der Waals surface area (Å²) in [6.45, 7) is 0. The molecule has 0 N–H and O–H groups in total. The van der Waals surface area contributed by atoms with Crippen LogP contribution in [-0.4, -0.2) is 7.94 Å². The summed E-state index contributed by atoms with van der Waals surface area (Å²) in [5, 5.41) is 8.38. The lowest BCUT2D eigenvalue weighted by molar-refractivity contribution is 1.75. The van der Waals surface area contributed by atoms with Crippen LogP contribution in [0.3, 0.4) is 0 Å². The smallest absolute Gasteiger partial charge is 0.0260 e. The van der Waals surface area contributed by atoms with E-state index in [1.165, 1.54) is 36.7 Å². The Hall–Kier alpha value is -1.74. The van der Waals surface area contributed by atoms with Crippen LogP contribution < -0.4 is 0 Å². The standard InChI is InChI=1S/C20H13I/c1-3-7-15-13(5-1)9-10-17-18(15)11-14-6-2-4-8-16(14)20(17)19-12-21-19/h1-11H,12H2. The minimum absolute atomic E-state index is 0.318. The van der Waals surface area contributed by atoms with Crippen molar-refractivity contribution < 1.29 is 0 Å². The average Bonchev–Trinajstić information content (AvgIpc) is 3.37. The van der Waals surface area contributed by atoms with E-state index in [0.717, 1.165) is 0 Å². The molecule has 4 aromatic carbocycles. The molecule has 1 heterocycles. The molecule has 0 radical (unpaired) electrons. The number of hydrogen-bond donors (Lipinski definition) is 0. The molecule has 1 heteroatoms. The zero-order valence-corrected chi connectivity index (χ0v) is 13.6. The van der Waals surface area contributed by atoms with Crippen LogP contribution in [0.1, 0.15) is 5.56 Å². The molecule has 0 nitrogen and oxygen atoms in total. The van der Waals surface area contributed by atoms with Crippen LogP contribution in [0.15, 0.2) is 66.7 Å². The van der Waals surface area contributed by atoms with Gasteiger partial charge in [0.25, 0.3) is 0 Å². The molecule has 0 saturated heterocycles. The quantitative estimate of drug-likeness (QED) is 0.173. The Bertz CT molecular complexity index is 1060. The molecule has 100 valence electrons. The van der Waals surface area contributed by atoms with Crippen molar-refractivity contribution >= 4 is 56.6 Å². The predicted molar refractivity (Wildman–Crippen MR) is 102 cm³/mol. The largest absolute Gasteiger partial charge is 0.112 e. The molecule has 0 saturated carbocycles. The molecule has 0 aromatic heterocycles. The second-order valence-corrected chi connectivity index (χ2v) is 8.35. The zero-order chi connectivity index (χ0) is 13.8. The normalized spacial score (nSPS) is 14.2. The van der Waals surface area contributed by atoms with Gasteiger partial charge in [-0.3, -0.25) is 0 Å². The molecule has 0 atom stereocenters. The molecular weight excluding hydrogens is 367 g/mol. The van der Waals surface area contributed by atoms with E-state index in [1.54, 1.807) is 9.07 Å². The lowest BCUT2D eigenvalue weighted by atomic mass is 9.92. The summed E-state index contributed by atoms with van der Waals surface area (Å²) in [7, 11) is 0. The monoisotopic (exact) mass is 380 g/mol. The van der Waals surface area contributed by atoms with Gasteiger partial charge in [-0.1, -0.05) is 60.7 Å². The maximum absolute atomic E-state index is 2.37. The summed E-state index contributed by atoms with van der Waals surface area (Å²) in [5.74, 6) is 0. The molecule has 1 aliphatic rings. The van der Waals surface area contributed by atoms with E-state index in [9.17, 15) is 0 Å². The molecule has 4 aromatic rings. The topological polar surface area (TPSA) is 0 Å². The Morgan fingerprint density at radius 1 is 0.619 bits per heavy atom. The van der Waals surface area contributed by atoms with Crippen LogP contribution in [0.25, 0.3) is 32.3 Å². The lowest BCUT2D eigenvalue weighted by Crippen LogP contribution is -1.93. The van der Waals surface area contributed by atoms with E-state index in [0.29, 0.717) is 20.7 Å². The molecule has 0 unspecified atom stereocenters. The second-order valence-electron chi connectivity index (χ2n) is 5.53.